The van der Waals surface area contributed by atoms with Gasteiger partial charge in [0.1, 0.15) is 11.8 Å². The maximum absolute atomic E-state index is 12.4. The van der Waals surface area contributed by atoms with E-state index in [1.165, 1.54) is 0 Å². The number of nitrogens with zero attached hydrogens (tertiary/aromatic N) is 1. The second-order valence-electron chi connectivity index (χ2n) is 4.56. The maximum Gasteiger partial charge on any atom is 0.256 e. The lowest BCUT2D eigenvalue weighted by Gasteiger charge is -2.19. The molecule has 0 aromatic heterocycles. The van der Waals surface area contributed by atoms with Gasteiger partial charge in [0.05, 0.1) is 18.4 Å². The van der Waals surface area contributed by atoms with Gasteiger partial charge in [-0.05, 0) is 31.0 Å². The Morgan fingerprint density at radius 1 is 1.39 bits per heavy atom. The Hall–Kier alpha value is -2.04. The normalized spacial score (nSPS) is 22.1. The van der Waals surface area contributed by atoms with Gasteiger partial charge in [-0.3, -0.25) is 9.59 Å². The van der Waals surface area contributed by atoms with Crippen LogP contribution in [0.4, 0.5) is 5.69 Å². The average Bonchev–Trinajstić information content (AvgIpc) is 2.84. The molecule has 1 atom stereocenters. The number of fused-ring (bicyclic) bond motifs is 2. The van der Waals surface area contributed by atoms with Crippen molar-refractivity contribution in [2.24, 2.45) is 0 Å². The van der Waals surface area contributed by atoms with Crippen molar-refractivity contribution in [1.29, 1.82) is 0 Å². The lowest BCUT2D eigenvalue weighted by Crippen LogP contribution is -2.40. The third kappa shape index (κ3) is 1.54. The van der Waals surface area contributed by atoms with Crippen LogP contribution >= 0.6 is 0 Å². The third-order valence-electron chi connectivity index (χ3n) is 3.53. The molecule has 0 radical (unpaired) electrons. The fraction of sp³-hybridized carbons (Fsp3) is 0.385. The van der Waals surface area contributed by atoms with E-state index in [4.69, 9.17) is 4.74 Å². The van der Waals surface area contributed by atoms with Crippen LogP contribution in [0.2, 0.25) is 0 Å². The molecule has 18 heavy (non-hydrogen) atoms. The quantitative estimate of drug-likeness (QED) is 0.811. The lowest BCUT2D eigenvalue weighted by molar-refractivity contribution is -0.119. The standard InChI is InChI=1S/C13H14N2O3/c1-18-8-4-5-10-9(7-8)13(17)15-6-2-3-11(15)12(16)14-10/h4-5,7,11H,2-3,6H2,1H3,(H,14,16)/t11-/m0/s1. The Labute approximate surface area is 105 Å². The molecule has 5 heteroatoms. The minimum Gasteiger partial charge on any atom is -0.497 e. The van der Waals surface area contributed by atoms with Gasteiger partial charge in [0.25, 0.3) is 5.91 Å². The van der Waals surface area contributed by atoms with Crippen LogP contribution in [0.15, 0.2) is 18.2 Å². The van der Waals surface area contributed by atoms with E-state index in [0.717, 1.165) is 12.8 Å². The summed E-state index contributed by atoms with van der Waals surface area (Å²) in [5.41, 5.74) is 1.08. The molecule has 0 bridgehead atoms. The number of anilines is 1. The van der Waals surface area contributed by atoms with E-state index in [0.29, 0.717) is 23.5 Å². The highest BCUT2D eigenvalue weighted by atomic mass is 16.5. The van der Waals surface area contributed by atoms with Crippen molar-refractivity contribution in [3.8, 4) is 5.75 Å². The summed E-state index contributed by atoms with van der Waals surface area (Å²) < 4.78 is 5.12. The highest BCUT2D eigenvalue weighted by molar-refractivity contribution is 6.10. The number of benzene rings is 1. The molecule has 1 aromatic carbocycles. The van der Waals surface area contributed by atoms with Gasteiger partial charge in [-0.15, -0.1) is 0 Å². The van der Waals surface area contributed by atoms with E-state index >= 15 is 0 Å². The molecule has 94 valence electrons. The lowest BCUT2D eigenvalue weighted by atomic mass is 10.1. The predicted octanol–water partition coefficient (Wildman–Crippen LogP) is 1.25. The van der Waals surface area contributed by atoms with Gasteiger partial charge in [-0.2, -0.15) is 0 Å². The zero-order valence-electron chi connectivity index (χ0n) is 10.1. The van der Waals surface area contributed by atoms with Crippen molar-refractivity contribution < 1.29 is 14.3 Å². The van der Waals surface area contributed by atoms with Crippen molar-refractivity contribution in [3.05, 3.63) is 23.8 Å². The van der Waals surface area contributed by atoms with E-state index in [1.54, 1.807) is 30.2 Å². The fourth-order valence-electron chi connectivity index (χ4n) is 2.59. The van der Waals surface area contributed by atoms with E-state index in [9.17, 15) is 9.59 Å². The van der Waals surface area contributed by atoms with Crippen LogP contribution in [-0.2, 0) is 4.79 Å². The number of amides is 2. The Morgan fingerprint density at radius 3 is 3.00 bits per heavy atom. The van der Waals surface area contributed by atoms with Crippen molar-refractivity contribution in [3.63, 3.8) is 0 Å². The van der Waals surface area contributed by atoms with Crippen LogP contribution in [0, 0.1) is 0 Å². The molecule has 0 aliphatic carbocycles. The van der Waals surface area contributed by atoms with Crippen molar-refractivity contribution in [2.75, 3.05) is 19.0 Å². The van der Waals surface area contributed by atoms with Crippen LogP contribution in [-0.4, -0.2) is 36.4 Å². The molecule has 2 heterocycles. The number of carbonyl (C=O) groups is 2. The van der Waals surface area contributed by atoms with E-state index in [2.05, 4.69) is 5.32 Å². The number of rotatable bonds is 1. The molecule has 0 unspecified atom stereocenters. The molecule has 0 saturated carbocycles. The molecule has 1 saturated heterocycles. The number of hydrogen-bond acceptors (Lipinski definition) is 3. The van der Waals surface area contributed by atoms with Gasteiger partial charge in [0, 0.05) is 6.54 Å². The molecule has 1 fully saturated rings. The van der Waals surface area contributed by atoms with Crippen LogP contribution < -0.4 is 10.1 Å². The predicted molar refractivity (Wildman–Crippen MR) is 65.7 cm³/mol. The summed E-state index contributed by atoms with van der Waals surface area (Å²) in [6, 6.07) is 4.81. The minimum absolute atomic E-state index is 0.0928. The van der Waals surface area contributed by atoms with Gasteiger partial charge in [-0.25, -0.2) is 0 Å². The largest absolute Gasteiger partial charge is 0.497 e. The topological polar surface area (TPSA) is 58.6 Å². The molecule has 0 spiro atoms. The van der Waals surface area contributed by atoms with Gasteiger partial charge in [-0.1, -0.05) is 0 Å². The molecule has 2 aliphatic heterocycles. The monoisotopic (exact) mass is 246 g/mol. The second kappa shape index (κ2) is 4.01. The molecular formula is C13H14N2O3. The summed E-state index contributed by atoms with van der Waals surface area (Å²) in [6.07, 6.45) is 1.62. The number of ether oxygens (including phenoxy) is 1. The number of nitrogens with one attached hydrogen (secondary N) is 1. The summed E-state index contributed by atoms with van der Waals surface area (Å²) in [4.78, 5) is 26.1. The third-order valence-corrected chi connectivity index (χ3v) is 3.53. The first-order chi connectivity index (χ1) is 8.70. The fourth-order valence-corrected chi connectivity index (χ4v) is 2.59. The van der Waals surface area contributed by atoms with E-state index in [-0.39, 0.29) is 17.9 Å². The zero-order chi connectivity index (χ0) is 12.7. The highest BCUT2D eigenvalue weighted by Gasteiger charge is 2.38. The number of carbonyl (C=O) groups excluding carboxylic acids is 2. The van der Waals surface area contributed by atoms with Crippen LogP contribution in [0.1, 0.15) is 23.2 Å². The molecule has 1 aromatic rings. The van der Waals surface area contributed by atoms with Gasteiger partial charge >= 0.3 is 0 Å². The number of hydrogen-bond donors (Lipinski definition) is 1. The summed E-state index contributed by atoms with van der Waals surface area (Å²) in [5.74, 6) is 0.434. The molecule has 3 rings (SSSR count). The smallest absolute Gasteiger partial charge is 0.256 e. The Morgan fingerprint density at radius 2 is 2.22 bits per heavy atom. The molecule has 2 aliphatic rings. The summed E-state index contributed by atoms with van der Waals surface area (Å²) in [5, 5.41) is 2.82. The summed E-state index contributed by atoms with van der Waals surface area (Å²) >= 11 is 0. The van der Waals surface area contributed by atoms with Gasteiger partial charge in [0.2, 0.25) is 5.91 Å². The van der Waals surface area contributed by atoms with Crippen LogP contribution in [0.5, 0.6) is 5.75 Å². The van der Waals surface area contributed by atoms with Gasteiger partial charge in [0.15, 0.2) is 0 Å². The molecule has 5 nitrogen and oxygen atoms in total. The van der Waals surface area contributed by atoms with Crippen LogP contribution in [0.3, 0.4) is 0 Å². The second-order valence-corrected chi connectivity index (χ2v) is 4.56. The van der Waals surface area contributed by atoms with E-state index in [1.807, 2.05) is 0 Å². The number of methoxy groups -OCH3 is 1. The van der Waals surface area contributed by atoms with Crippen molar-refractivity contribution in [2.45, 2.75) is 18.9 Å². The SMILES string of the molecule is COc1ccc2c(c1)C(=O)N1CCC[C@H]1C(=O)N2. The first-order valence-corrected chi connectivity index (χ1v) is 6.00. The molecule has 2 amide bonds. The maximum atomic E-state index is 12.4. The van der Waals surface area contributed by atoms with E-state index < -0.39 is 0 Å². The Balaban J connectivity index is 2.09. The minimum atomic E-state index is -0.323. The first-order valence-electron chi connectivity index (χ1n) is 6.00. The Bertz CT molecular complexity index is 527. The summed E-state index contributed by atoms with van der Waals surface area (Å²) in [6.45, 7) is 0.646. The van der Waals surface area contributed by atoms with Gasteiger partial charge < -0.3 is 15.0 Å². The molecule has 1 N–H and O–H groups in total. The summed E-state index contributed by atoms with van der Waals surface area (Å²) in [7, 11) is 1.56. The Kier molecular flexibility index (Phi) is 2.47. The first kappa shape index (κ1) is 11.1. The average molecular weight is 246 g/mol. The van der Waals surface area contributed by atoms with Crippen LogP contribution in [0.25, 0.3) is 0 Å². The highest BCUT2D eigenvalue weighted by Crippen LogP contribution is 2.30. The van der Waals surface area contributed by atoms with Crippen molar-refractivity contribution in [1.82, 2.24) is 4.90 Å². The zero-order valence-corrected chi connectivity index (χ0v) is 10.1. The van der Waals surface area contributed by atoms with Crippen molar-refractivity contribution >= 4 is 17.5 Å². The molecular weight excluding hydrogens is 232 g/mol.